The molecule has 0 amide bonds. The van der Waals surface area contributed by atoms with E-state index in [-0.39, 0.29) is 11.5 Å². The second kappa shape index (κ2) is 3.52. The molecule has 1 heterocycles. The minimum absolute atomic E-state index is 0.134. The molecular formula is C13H9NO3. The SMILES string of the molecule is Oc1ccc2c(-c3ccccc3O)onc2c1. The molecule has 0 bridgehead atoms. The number of rotatable bonds is 1. The van der Waals surface area contributed by atoms with E-state index in [9.17, 15) is 10.2 Å². The van der Waals surface area contributed by atoms with E-state index >= 15 is 0 Å². The van der Waals surface area contributed by atoms with E-state index in [1.165, 1.54) is 6.07 Å². The fourth-order valence-corrected chi connectivity index (χ4v) is 1.79. The van der Waals surface area contributed by atoms with E-state index < -0.39 is 0 Å². The highest BCUT2D eigenvalue weighted by Gasteiger charge is 2.13. The first-order valence-electron chi connectivity index (χ1n) is 5.12. The summed E-state index contributed by atoms with van der Waals surface area (Å²) in [5.41, 5.74) is 1.14. The van der Waals surface area contributed by atoms with Gasteiger partial charge in [-0.1, -0.05) is 17.3 Å². The van der Waals surface area contributed by atoms with Crippen LogP contribution < -0.4 is 0 Å². The standard InChI is InChI=1S/C13H9NO3/c15-8-5-6-9-11(7-8)14-17-13(9)10-3-1-2-4-12(10)16/h1-7,15-16H. The summed E-state index contributed by atoms with van der Waals surface area (Å²) in [6, 6.07) is 11.7. The Labute approximate surface area is 96.7 Å². The number of aromatic nitrogens is 1. The molecular weight excluding hydrogens is 218 g/mol. The van der Waals surface area contributed by atoms with Crippen LogP contribution in [-0.2, 0) is 0 Å². The van der Waals surface area contributed by atoms with Crippen LogP contribution in [0.3, 0.4) is 0 Å². The lowest BCUT2D eigenvalue weighted by atomic mass is 10.1. The minimum Gasteiger partial charge on any atom is -0.508 e. The van der Waals surface area contributed by atoms with Crippen LogP contribution in [0.25, 0.3) is 22.2 Å². The maximum atomic E-state index is 9.76. The van der Waals surface area contributed by atoms with Crippen molar-refractivity contribution >= 4 is 10.9 Å². The third-order valence-electron chi connectivity index (χ3n) is 2.61. The summed E-state index contributed by atoms with van der Waals surface area (Å²) in [5.74, 6) is 0.770. The molecule has 17 heavy (non-hydrogen) atoms. The second-order valence-corrected chi connectivity index (χ2v) is 3.73. The van der Waals surface area contributed by atoms with Crippen molar-refractivity contribution in [1.82, 2.24) is 5.16 Å². The van der Waals surface area contributed by atoms with Gasteiger partial charge in [-0.3, -0.25) is 0 Å². The predicted octanol–water partition coefficient (Wildman–Crippen LogP) is 2.91. The van der Waals surface area contributed by atoms with Gasteiger partial charge in [0.05, 0.1) is 10.9 Å². The van der Waals surface area contributed by atoms with E-state index in [1.54, 1.807) is 30.3 Å². The number of fused-ring (bicyclic) bond motifs is 1. The Bertz CT molecular complexity index is 688. The van der Waals surface area contributed by atoms with Gasteiger partial charge in [-0.25, -0.2) is 0 Å². The summed E-state index contributed by atoms with van der Waals surface area (Å²) in [7, 11) is 0. The highest BCUT2D eigenvalue weighted by Crippen LogP contribution is 2.35. The number of phenols is 2. The third-order valence-corrected chi connectivity index (χ3v) is 2.61. The highest BCUT2D eigenvalue weighted by atomic mass is 16.5. The first-order valence-corrected chi connectivity index (χ1v) is 5.12. The largest absolute Gasteiger partial charge is 0.508 e. The Morgan fingerprint density at radius 3 is 2.65 bits per heavy atom. The van der Waals surface area contributed by atoms with Gasteiger partial charge in [0.25, 0.3) is 0 Å². The molecule has 0 saturated heterocycles. The molecule has 0 unspecified atom stereocenters. The Balaban J connectivity index is 2.29. The number of aromatic hydroxyl groups is 2. The van der Waals surface area contributed by atoms with E-state index in [2.05, 4.69) is 5.16 Å². The van der Waals surface area contributed by atoms with Crippen LogP contribution in [0.5, 0.6) is 11.5 Å². The van der Waals surface area contributed by atoms with Gasteiger partial charge in [0.15, 0.2) is 5.76 Å². The molecule has 0 radical (unpaired) electrons. The lowest BCUT2D eigenvalue weighted by Gasteiger charge is -1.99. The molecule has 0 fully saturated rings. The van der Waals surface area contributed by atoms with Gasteiger partial charge in [0.1, 0.15) is 17.0 Å². The third kappa shape index (κ3) is 1.50. The topological polar surface area (TPSA) is 66.5 Å². The molecule has 1 aromatic heterocycles. The van der Waals surface area contributed by atoms with Crippen LogP contribution in [0.2, 0.25) is 0 Å². The lowest BCUT2D eigenvalue weighted by Crippen LogP contribution is -1.76. The first-order chi connectivity index (χ1) is 8.25. The van der Waals surface area contributed by atoms with Gasteiger partial charge in [0, 0.05) is 6.07 Å². The monoisotopic (exact) mass is 227 g/mol. The van der Waals surface area contributed by atoms with E-state index in [4.69, 9.17) is 4.52 Å². The predicted molar refractivity (Wildman–Crippen MR) is 62.8 cm³/mol. The zero-order chi connectivity index (χ0) is 11.8. The van der Waals surface area contributed by atoms with Crippen molar-refractivity contribution in [2.45, 2.75) is 0 Å². The van der Waals surface area contributed by atoms with Crippen LogP contribution in [0, 0.1) is 0 Å². The zero-order valence-electron chi connectivity index (χ0n) is 8.79. The van der Waals surface area contributed by atoms with Crippen molar-refractivity contribution in [3.63, 3.8) is 0 Å². The van der Waals surface area contributed by atoms with Crippen molar-refractivity contribution in [3.05, 3.63) is 42.5 Å². The van der Waals surface area contributed by atoms with Crippen molar-refractivity contribution < 1.29 is 14.7 Å². The maximum Gasteiger partial charge on any atom is 0.178 e. The normalized spacial score (nSPS) is 10.8. The molecule has 0 atom stereocenters. The van der Waals surface area contributed by atoms with E-state index in [1.807, 2.05) is 6.07 Å². The molecule has 4 nitrogen and oxygen atoms in total. The summed E-state index contributed by atoms with van der Waals surface area (Å²) in [4.78, 5) is 0. The Morgan fingerprint density at radius 1 is 1.00 bits per heavy atom. The van der Waals surface area contributed by atoms with Gasteiger partial charge < -0.3 is 14.7 Å². The molecule has 4 heteroatoms. The number of para-hydroxylation sites is 1. The summed E-state index contributed by atoms with van der Waals surface area (Å²) in [6.07, 6.45) is 0. The quantitative estimate of drug-likeness (QED) is 0.670. The Morgan fingerprint density at radius 2 is 1.82 bits per heavy atom. The van der Waals surface area contributed by atoms with Crippen LogP contribution in [0.1, 0.15) is 0 Å². The van der Waals surface area contributed by atoms with Gasteiger partial charge in [-0.15, -0.1) is 0 Å². The van der Waals surface area contributed by atoms with Gasteiger partial charge >= 0.3 is 0 Å². The Hall–Kier alpha value is -2.49. The van der Waals surface area contributed by atoms with Gasteiger partial charge in [-0.05, 0) is 24.3 Å². The van der Waals surface area contributed by atoms with Crippen molar-refractivity contribution in [1.29, 1.82) is 0 Å². The van der Waals surface area contributed by atoms with Crippen LogP contribution in [0.15, 0.2) is 47.0 Å². The lowest BCUT2D eigenvalue weighted by molar-refractivity contribution is 0.433. The molecule has 0 aliphatic rings. The summed E-state index contributed by atoms with van der Waals surface area (Å²) in [5, 5.41) is 23.7. The minimum atomic E-state index is 0.134. The van der Waals surface area contributed by atoms with Crippen LogP contribution in [-0.4, -0.2) is 15.4 Å². The smallest absolute Gasteiger partial charge is 0.178 e. The molecule has 3 rings (SSSR count). The fraction of sp³-hybridized carbons (Fsp3) is 0. The number of nitrogens with zero attached hydrogens (tertiary/aromatic N) is 1. The molecule has 0 saturated carbocycles. The van der Waals surface area contributed by atoms with Crippen LogP contribution >= 0.6 is 0 Å². The molecule has 84 valence electrons. The second-order valence-electron chi connectivity index (χ2n) is 3.73. The van der Waals surface area contributed by atoms with Crippen molar-refractivity contribution in [3.8, 4) is 22.8 Å². The van der Waals surface area contributed by atoms with E-state index in [0.717, 1.165) is 5.39 Å². The first kappa shape index (κ1) is 9.72. The zero-order valence-corrected chi connectivity index (χ0v) is 8.79. The number of benzene rings is 2. The molecule has 0 aliphatic carbocycles. The maximum absolute atomic E-state index is 9.76. The molecule has 0 spiro atoms. The fourth-order valence-electron chi connectivity index (χ4n) is 1.79. The highest BCUT2D eigenvalue weighted by molar-refractivity contribution is 5.93. The van der Waals surface area contributed by atoms with Gasteiger partial charge in [0.2, 0.25) is 0 Å². The van der Waals surface area contributed by atoms with Crippen LogP contribution in [0.4, 0.5) is 0 Å². The van der Waals surface area contributed by atoms with Crippen molar-refractivity contribution in [2.24, 2.45) is 0 Å². The van der Waals surface area contributed by atoms with E-state index in [0.29, 0.717) is 16.8 Å². The number of hydrogen-bond acceptors (Lipinski definition) is 4. The summed E-state index contributed by atoms with van der Waals surface area (Å²) < 4.78 is 5.22. The molecule has 0 aliphatic heterocycles. The van der Waals surface area contributed by atoms with Crippen molar-refractivity contribution in [2.75, 3.05) is 0 Å². The average Bonchev–Trinajstić information content (AvgIpc) is 2.72. The molecule has 2 aromatic carbocycles. The number of hydrogen-bond donors (Lipinski definition) is 2. The summed E-state index contributed by atoms with van der Waals surface area (Å²) >= 11 is 0. The Kier molecular flexibility index (Phi) is 2.01. The van der Waals surface area contributed by atoms with Gasteiger partial charge in [-0.2, -0.15) is 0 Å². The molecule has 3 aromatic rings. The average molecular weight is 227 g/mol. The summed E-state index contributed by atoms with van der Waals surface area (Å²) in [6.45, 7) is 0. The molecule has 2 N–H and O–H groups in total. The number of phenolic OH excluding ortho intramolecular Hbond substituents is 2.